The van der Waals surface area contributed by atoms with Crippen LogP contribution in [-0.2, 0) is 4.79 Å². The van der Waals surface area contributed by atoms with Gasteiger partial charge in [-0.2, -0.15) is 5.10 Å². The van der Waals surface area contributed by atoms with Gasteiger partial charge in [0, 0.05) is 19.0 Å². The minimum atomic E-state index is -0.131. The lowest BCUT2D eigenvalue weighted by Crippen LogP contribution is -2.43. The van der Waals surface area contributed by atoms with Gasteiger partial charge in [0.15, 0.2) is 0 Å². The molecule has 0 saturated heterocycles. The molecule has 1 fully saturated rings. The van der Waals surface area contributed by atoms with E-state index in [2.05, 4.69) is 21.0 Å². The number of urea groups is 1. The summed E-state index contributed by atoms with van der Waals surface area (Å²) in [6, 6.07) is 10.0. The summed E-state index contributed by atoms with van der Waals surface area (Å²) in [5.74, 6) is -0.0710. The third-order valence-corrected chi connectivity index (χ3v) is 5.36. The molecule has 3 amide bonds. The van der Waals surface area contributed by atoms with Gasteiger partial charge < -0.3 is 16.0 Å². The second-order valence-electron chi connectivity index (χ2n) is 7.68. The Balaban J connectivity index is 1.43. The molecule has 0 radical (unpaired) electrons. The molecule has 7 nitrogen and oxygen atoms in total. The molecular weight excluding hydrogens is 366 g/mol. The van der Waals surface area contributed by atoms with Crippen molar-refractivity contribution in [2.75, 3.05) is 11.9 Å². The zero-order valence-corrected chi connectivity index (χ0v) is 17.3. The van der Waals surface area contributed by atoms with Crippen molar-refractivity contribution in [2.24, 2.45) is 0 Å². The van der Waals surface area contributed by atoms with Crippen molar-refractivity contribution in [1.29, 1.82) is 0 Å². The van der Waals surface area contributed by atoms with E-state index < -0.39 is 0 Å². The Morgan fingerprint density at radius 1 is 1.10 bits per heavy atom. The summed E-state index contributed by atoms with van der Waals surface area (Å²) in [4.78, 5) is 24.3. The number of nitrogens with zero attached hydrogens (tertiary/aromatic N) is 2. The number of hydrogen-bond acceptors (Lipinski definition) is 3. The Kier molecular flexibility index (Phi) is 7.27. The van der Waals surface area contributed by atoms with E-state index in [1.54, 1.807) is 0 Å². The molecule has 1 saturated carbocycles. The summed E-state index contributed by atoms with van der Waals surface area (Å²) in [6.07, 6.45) is 6.69. The summed E-state index contributed by atoms with van der Waals surface area (Å²) in [5, 5.41) is 13.4. The molecule has 1 aromatic heterocycles. The van der Waals surface area contributed by atoms with Crippen LogP contribution in [-0.4, -0.2) is 34.3 Å². The molecule has 1 aliphatic rings. The third kappa shape index (κ3) is 5.82. The van der Waals surface area contributed by atoms with Crippen LogP contribution in [0.25, 0.3) is 5.69 Å². The number of para-hydroxylation sites is 1. The van der Waals surface area contributed by atoms with Gasteiger partial charge in [-0.1, -0.05) is 37.5 Å². The monoisotopic (exact) mass is 397 g/mol. The van der Waals surface area contributed by atoms with Gasteiger partial charge in [0.25, 0.3) is 0 Å². The number of anilines is 1. The van der Waals surface area contributed by atoms with Gasteiger partial charge in [0.05, 0.1) is 22.8 Å². The van der Waals surface area contributed by atoms with E-state index in [-0.39, 0.29) is 11.9 Å². The van der Waals surface area contributed by atoms with Crippen molar-refractivity contribution in [3.8, 4) is 5.69 Å². The first-order valence-electron chi connectivity index (χ1n) is 10.5. The predicted molar refractivity (Wildman–Crippen MR) is 114 cm³/mol. The number of aromatic nitrogens is 2. The van der Waals surface area contributed by atoms with E-state index in [0.717, 1.165) is 35.6 Å². The van der Waals surface area contributed by atoms with Crippen LogP contribution in [0, 0.1) is 13.8 Å². The molecule has 29 heavy (non-hydrogen) atoms. The van der Waals surface area contributed by atoms with E-state index >= 15 is 0 Å². The summed E-state index contributed by atoms with van der Waals surface area (Å²) in [6.45, 7) is 4.31. The number of amides is 3. The molecule has 0 unspecified atom stereocenters. The van der Waals surface area contributed by atoms with E-state index in [0.29, 0.717) is 25.4 Å². The van der Waals surface area contributed by atoms with Crippen molar-refractivity contribution in [3.05, 3.63) is 41.7 Å². The SMILES string of the molecule is Cc1nn(-c2ccccc2)c(C)c1NC(=O)CCCNC(=O)NC1CCCCC1. The first-order valence-corrected chi connectivity index (χ1v) is 10.5. The van der Waals surface area contributed by atoms with E-state index in [1.165, 1.54) is 19.3 Å². The molecule has 0 spiro atoms. The number of benzene rings is 1. The highest BCUT2D eigenvalue weighted by Gasteiger charge is 2.16. The maximum absolute atomic E-state index is 12.3. The lowest BCUT2D eigenvalue weighted by Gasteiger charge is -2.22. The zero-order valence-electron chi connectivity index (χ0n) is 17.3. The molecule has 1 aromatic carbocycles. The lowest BCUT2D eigenvalue weighted by molar-refractivity contribution is -0.116. The summed E-state index contributed by atoms with van der Waals surface area (Å²) in [7, 11) is 0. The topological polar surface area (TPSA) is 88.1 Å². The Morgan fingerprint density at radius 3 is 2.55 bits per heavy atom. The fourth-order valence-corrected chi connectivity index (χ4v) is 3.78. The average Bonchev–Trinajstić information content (AvgIpc) is 3.01. The van der Waals surface area contributed by atoms with Crippen molar-refractivity contribution in [1.82, 2.24) is 20.4 Å². The highest BCUT2D eigenvalue weighted by Crippen LogP contribution is 2.23. The molecular formula is C22H31N5O2. The van der Waals surface area contributed by atoms with Crippen LogP contribution in [0.15, 0.2) is 30.3 Å². The predicted octanol–water partition coefficient (Wildman–Crippen LogP) is 3.84. The van der Waals surface area contributed by atoms with Crippen LogP contribution < -0.4 is 16.0 Å². The highest BCUT2D eigenvalue weighted by molar-refractivity contribution is 5.92. The van der Waals surface area contributed by atoms with Crippen molar-refractivity contribution in [2.45, 2.75) is 64.8 Å². The first kappa shape index (κ1) is 20.9. The quantitative estimate of drug-likeness (QED) is 0.620. The van der Waals surface area contributed by atoms with Crippen LogP contribution in [0.3, 0.4) is 0 Å². The van der Waals surface area contributed by atoms with Gasteiger partial charge >= 0.3 is 6.03 Å². The number of rotatable bonds is 7. The largest absolute Gasteiger partial charge is 0.338 e. The van der Waals surface area contributed by atoms with Crippen molar-refractivity contribution < 1.29 is 9.59 Å². The Bertz CT molecular complexity index is 825. The molecule has 0 aliphatic heterocycles. The molecule has 3 rings (SSSR count). The van der Waals surface area contributed by atoms with Gasteiger partial charge in [0.2, 0.25) is 5.91 Å². The summed E-state index contributed by atoms with van der Waals surface area (Å²) in [5.41, 5.74) is 3.39. The van der Waals surface area contributed by atoms with Crippen LogP contribution in [0.4, 0.5) is 10.5 Å². The normalized spacial score (nSPS) is 14.4. The van der Waals surface area contributed by atoms with E-state index in [1.807, 2.05) is 48.9 Å². The van der Waals surface area contributed by atoms with E-state index in [4.69, 9.17) is 0 Å². The first-order chi connectivity index (χ1) is 14.0. The second-order valence-corrected chi connectivity index (χ2v) is 7.68. The summed E-state index contributed by atoms with van der Waals surface area (Å²) < 4.78 is 1.84. The van der Waals surface area contributed by atoms with E-state index in [9.17, 15) is 9.59 Å². The van der Waals surface area contributed by atoms with Crippen molar-refractivity contribution >= 4 is 17.6 Å². The molecule has 0 atom stereocenters. The van der Waals surface area contributed by atoms with Gasteiger partial charge in [-0.25, -0.2) is 9.48 Å². The lowest BCUT2D eigenvalue weighted by atomic mass is 9.96. The number of hydrogen-bond donors (Lipinski definition) is 3. The van der Waals surface area contributed by atoms with Crippen molar-refractivity contribution in [3.63, 3.8) is 0 Å². The second kappa shape index (κ2) is 10.1. The number of carbonyl (C=O) groups is 2. The smallest absolute Gasteiger partial charge is 0.315 e. The maximum Gasteiger partial charge on any atom is 0.315 e. The molecule has 7 heteroatoms. The molecule has 156 valence electrons. The highest BCUT2D eigenvalue weighted by atomic mass is 16.2. The molecule has 3 N–H and O–H groups in total. The fraction of sp³-hybridized carbons (Fsp3) is 0.500. The number of aryl methyl sites for hydroxylation is 1. The maximum atomic E-state index is 12.3. The van der Waals surface area contributed by atoms with Gasteiger partial charge in [-0.05, 0) is 45.2 Å². The minimum Gasteiger partial charge on any atom is -0.338 e. The molecule has 1 aliphatic carbocycles. The molecule has 1 heterocycles. The third-order valence-electron chi connectivity index (χ3n) is 5.36. The molecule has 2 aromatic rings. The van der Waals surface area contributed by atoms with Crippen LogP contribution in [0.1, 0.15) is 56.3 Å². The molecule has 0 bridgehead atoms. The average molecular weight is 398 g/mol. The van der Waals surface area contributed by atoms with Crippen LogP contribution >= 0.6 is 0 Å². The van der Waals surface area contributed by atoms with Gasteiger partial charge in [-0.15, -0.1) is 0 Å². The number of nitrogens with one attached hydrogen (secondary N) is 3. The van der Waals surface area contributed by atoms with Gasteiger partial charge in [-0.3, -0.25) is 4.79 Å². The Labute approximate surface area is 172 Å². The zero-order chi connectivity index (χ0) is 20.6. The number of carbonyl (C=O) groups excluding carboxylic acids is 2. The minimum absolute atomic E-state index is 0.0710. The van der Waals surface area contributed by atoms with Crippen LogP contribution in [0.5, 0.6) is 0 Å². The fourth-order valence-electron chi connectivity index (χ4n) is 3.78. The Morgan fingerprint density at radius 2 is 1.83 bits per heavy atom. The van der Waals surface area contributed by atoms with Gasteiger partial charge in [0.1, 0.15) is 0 Å². The summed E-state index contributed by atoms with van der Waals surface area (Å²) >= 11 is 0. The Hall–Kier alpha value is -2.83. The van der Waals surface area contributed by atoms with Crippen LogP contribution in [0.2, 0.25) is 0 Å². The standard InChI is InChI=1S/C22H31N5O2/c1-16-21(17(2)27(26-16)19-12-7-4-8-13-19)25-20(28)14-9-15-23-22(29)24-18-10-5-3-6-11-18/h4,7-8,12-13,18H,3,5-6,9-11,14-15H2,1-2H3,(H,25,28)(H2,23,24,29).